The number of halogens is 1. The fourth-order valence-corrected chi connectivity index (χ4v) is 5.68. The average molecular weight is 434 g/mol. The fourth-order valence-electron chi connectivity index (χ4n) is 5.48. The van der Waals surface area contributed by atoms with Crippen LogP contribution in [-0.2, 0) is 6.42 Å². The van der Waals surface area contributed by atoms with Crippen LogP contribution in [0.1, 0.15) is 50.5 Å². The van der Waals surface area contributed by atoms with Crippen LogP contribution in [0.3, 0.4) is 0 Å². The highest BCUT2D eigenvalue weighted by Gasteiger charge is 2.39. The van der Waals surface area contributed by atoms with E-state index in [4.69, 9.17) is 16.3 Å². The van der Waals surface area contributed by atoms with Gasteiger partial charge in [-0.1, -0.05) is 30.9 Å². The van der Waals surface area contributed by atoms with Crippen molar-refractivity contribution >= 4 is 17.6 Å². The van der Waals surface area contributed by atoms with Crippen LogP contribution in [0.15, 0.2) is 18.2 Å². The van der Waals surface area contributed by atoms with Gasteiger partial charge in [0.2, 0.25) is 0 Å². The van der Waals surface area contributed by atoms with E-state index in [2.05, 4.69) is 15.9 Å². The molecule has 0 radical (unpaired) electrons. The molecule has 3 fully saturated rings. The van der Waals surface area contributed by atoms with Crippen LogP contribution < -0.4 is 4.74 Å². The van der Waals surface area contributed by atoms with Crippen LogP contribution in [0.5, 0.6) is 5.75 Å². The van der Waals surface area contributed by atoms with Crippen molar-refractivity contribution in [3.8, 4) is 5.75 Å². The van der Waals surface area contributed by atoms with Gasteiger partial charge in [0.05, 0.1) is 13.2 Å². The van der Waals surface area contributed by atoms with Crippen LogP contribution in [-0.4, -0.2) is 73.2 Å². The van der Waals surface area contributed by atoms with E-state index in [0.29, 0.717) is 18.0 Å². The number of urea groups is 1. The Bertz CT molecular complexity index is 729. The van der Waals surface area contributed by atoms with E-state index in [0.717, 1.165) is 43.4 Å². The summed E-state index contributed by atoms with van der Waals surface area (Å²) in [5.74, 6) is 1.54. The third-order valence-corrected chi connectivity index (χ3v) is 7.82. The van der Waals surface area contributed by atoms with Gasteiger partial charge in [-0.25, -0.2) is 4.79 Å². The summed E-state index contributed by atoms with van der Waals surface area (Å²) in [6.07, 6.45) is 9.62. The molecule has 30 heavy (non-hydrogen) atoms. The van der Waals surface area contributed by atoms with Crippen molar-refractivity contribution in [1.82, 2.24) is 14.7 Å². The molecule has 2 amide bonds. The summed E-state index contributed by atoms with van der Waals surface area (Å²) in [5, 5.41) is 0.840. The lowest BCUT2D eigenvalue weighted by Crippen LogP contribution is -2.44. The number of amides is 2. The number of likely N-dealkylation sites (N-methyl/N-ethyl adjacent to an activating group) is 1. The third-order valence-electron chi connectivity index (χ3n) is 7.46. The van der Waals surface area contributed by atoms with Gasteiger partial charge < -0.3 is 19.4 Å². The van der Waals surface area contributed by atoms with E-state index >= 15 is 0 Å². The summed E-state index contributed by atoms with van der Waals surface area (Å²) in [4.78, 5) is 19.5. The van der Waals surface area contributed by atoms with E-state index in [1.54, 1.807) is 7.11 Å². The number of carbonyl (C=O) groups excluding carboxylic acids is 1. The maximum Gasteiger partial charge on any atom is 0.320 e. The van der Waals surface area contributed by atoms with Crippen LogP contribution in [0.25, 0.3) is 0 Å². The fraction of sp³-hybridized carbons (Fsp3) is 0.708. The highest BCUT2D eigenvalue weighted by Crippen LogP contribution is 2.30. The largest absolute Gasteiger partial charge is 0.497 e. The molecule has 0 spiro atoms. The van der Waals surface area contributed by atoms with E-state index in [-0.39, 0.29) is 6.03 Å². The molecule has 1 unspecified atom stereocenters. The Morgan fingerprint density at radius 3 is 2.53 bits per heavy atom. The number of carbonyl (C=O) groups is 1. The molecule has 4 rings (SSSR count). The first-order valence-corrected chi connectivity index (χ1v) is 12.0. The normalized spacial score (nSPS) is 24.6. The van der Waals surface area contributed by atoms with Gasteiger partial charge >= 0.3 is 6.03 Å². The minimum Gasteiger partial charge on any atom is -0.497 e. The van der Waals surface area contributed by atoms with Crippen molar-refractivity contribution in [2.24, 2.45) is 5.92 Å². The lowest BCUT2D eigenvalue weighted by molar-refractivity contribution is 0.149. The molecule has 166 valence electrons. The molecule has 1 aliphatic carbocycles. The second kappa shape index (κ2) is 9.78. The molecule has 1 aromatic rings. The number of rotatable bonds is 6. The number of methoxy groups -OCH3 is 1. The first kappa shape index (κ1) is 21.8. The van der Waals surface area contributed by atoms with Crippen LogP contribution in [0, 0.1) is 5.92 Å². The van der Waals surface area contributed by atoms with Crippen molar-refractivity contribution in [3.05, 3.63) is 28.8 Å². The highest BCUT2D eigenvalue weighted by atomic mass is 35.5. The topological polar surface area (TPSA) is 36.0 Å². The summed E-state index contributed by atoms with van der Waals surface area (Å²) >= 11 is 6.41. The predicted molar refractivity (Wildman–Crippen MR) is 121 cm³/mol. The van der Waals surface area contributed by atoms with E-state index in [1.807, 2.05) is 24.1 Å². The van der Waals surface area contributed by atoms with Crippen LogP contribution in [0.4, 0.5) is 4.79 Å². The molecular weight excluding hydrogens is 398 g/mol. The Hall–Kier alpha value is -1.46. The first-order chi connectivity index (χ1) is 14.5. The monoisotopic (exact) mass is 433 g/mol. The van der Waals surface area contributed by atoms with Gasteiger partial charge in [-0.2, -0.15) is 0 Å². The van der Waals surface area contributed by atoms with Gasteiger partial charge in [-0.05, 0) is 74.9 Å². The van der Waals surface area contributed by atoms with Gasteiger partial charge in [0.1, 0.15) is 5.75 Å². The van der Waals surface area contributed by atoms with Crippen LogP contribution in [0.2, 0.25) is 5.02 Å². The van der Waals surface area contributed by atoms with Crippen molar-refractivity contribution in [2.75, 3.05) is 40.3 Å². The van der Waals surface area contributed by atoms with Gasteiger partial charge in [0.15, 0.2) is 0 Å². The summed E-state index contributed by atoms with van der Waals surface area (Å²) in [7, 11) is 3.69. The average Bonchev–Trinajstić information content (AvgIpc) is 3.05. The van der Waals surface area contributed by atoms with E-state index in [9.17, 15) is 4.79 Å². The second-order valence-corrected chi connectivity index (χ2v) is 9.80. The molecule has 6 heteroatoms. The zero-order valence-corrected chi connectivity index (χ0v) is 19.2. The van der Waals surface area contributed by atoms with Gasteiger partial charge in [0.25, 0.3) is 0 Å². The second-order valence-electron chi connectivity index (χ2n) is 9.40. The zero-order chi connectivity index (χ0) is 21.1. The maximum absolute atomic E-state index is 12.8. The molecule has 0 bridgehead atoms. The van der Waals surface area contributed by atoms with Crippen molar-refractivity contribution in [1.29, 1.82) is 0 Å². The summed E-state index contributed by atoms with van der Waals surface area (Å²) in [6, 6.07) is 6.98. The molecule has 3 aliphatic rings. The van der Waals surface area contributed by atoms with Crippen molar-refractivity contribution in [2.45, 2.75) is 63.5 Å². The quantitative estimate of drug-likeness (QED) is 0.653. The molecule has 5 nitrogen and oxygen atoms in total. The summed E-state index contributed by atoms with van der Waals surface area (Å²) < 4.78 is 5.36. The van der Waals surface area contributed by atoms with Crippen LogP contribution >= 0.6 is 11.6 Å². The molecule has 1 saturated carbocycles. The SMILES string of the molecule is COc1ccc(Cl)c(CC2CCN(CC3CN(C4CCCCC4)C(=O)N3C)CC2)c1. The molecular formula is C24H36ClN3O2. The molecule has 2 heterocycles. The van der Waals surface area contributed by atoms with Gasteiger partial charge in [-0.15, -0.1) is 0 Å². The van der Waals surface area contributed by atoms with E-state index < -0.39 is 0 Å². The van der Waals surface area contributed by atoms with Gasteiger partial charge in [-0.3, -0.25) is 0 Å². The smallest absolute Gasteiger partial charge is 0.320 e. The standard InChI is InChI=1S/C24H36ClN3O2/c1-26-21(17-28(24(26)29)20-6-4-3-5-7-20)16-27-12-10-18(11-13-27)14-19-15-22(30-2)8-9-23(19)25/h8-9,15,18,20-21H,3-7,10-14,16-17H2,1-2H3. The lowest BCUT2D eigenvalue weighted by Gasteiger charge is -2.34. The zero-order valence-electron chi connectivity index (χ0n) is 18.5. The molecule has 0 N–H and O–H groups in total. The number of piperidine rings is 1. The van der Waals surface area contributed by atoms with Crippen molar-refractivity contribution in [3.63, 3.8) is 0 Å². The molecule has 1 aromatic carbocycles. The Kier molecular flexibility index (Phi) is 7.09. The number of likely N-dealkylation sites (tertiary alicyclic amines) is 1. The third kappa shape index (κ3) is 4.88. The molecule has 2 aliphatic heterocycles. The Balaban J connectivity index is 1.27. The van der Waals surface area contributed by atoms with Crippen molar-refractivity contribution < 1.29 is 9.53 Å². The highest BCUT2D eigenvalue weighted by molar-refractivity contribution is 6.31. The number of nitrogens with zero attached hydrogens (tertiary/aromatic N) is 3. The lowest BCUT2D eigenvalue weighted by atomic mass is 9.90. The predicted octanol–water partition coefficient (Wildman–Crippen LogP) is 4.67. The minimum absolute atomic E-state index is 0.245. The summed E-state index contributed by atoms with van der Waals surface area (Å²) in [6.45, 7) is 4.11. The number of benzene rings is 1. The maximum atomic E-state index is 12.8. The molecule has 0 aromatic heterocycles. The number of hydrogen-bond donors (Lipinski definition) is 0. The number of hydrogen-bond acceptors (Lipinski definition) is 3. The Labute approximate surface area is 186 Å². The first-order valence-electron chi connectivity index (χ1n) is 11.6. The number of ether oxygens (including phenoxy) is 1. The Morgan fingerprint density at radius 1 is 1.10 bits per heavy atom. The molecule has 2 saturated heterocycles. The van der Waals surface area contributed by atoms with E-state index in [1.165, 1.54) is 50.5 Å². The Morgan fingerprint density at radius 2 is 1.83 bits per heavy atom. The minimum atomic E-state index is 0.245. The summed E-state index contributed by atoms with van der Waals surface area (Å²) in [5.41, 5.74) is 1.19. The molecule has 1 atom stereocenters. The van der Waals surface area contributed by atoms with Gasteiger partial charge in [0, 0.05) is 31.2 Å².